The third kappa shape index (κ3) is 3.78. The number of benzene rings is 2. The van der Waals surface area contributed by atoms with E-state index >= 15 is 0 Å². The van der Waals surface area contributed by atoms with Gasteiger partial charge in [0.1, 0.15) is 0 Å². The smallest absolute Gasteiger partial charge is 0.234 e. The fourth-order valence-electron chi connectivity index (χ4n) is 2.41. The Morgan fingerprint density at radius 1 is 1.38 bits per heavy atom. The second-order valence-electron chi connectivity index (χ2n) is 5.43. The molecule has 1 aliphatic rings. The molecule has 1 amide bonds. The molecule has 0 aliphatic carbocycles. The Kier molecular flexibility index (Phi) is 4.89. The fourth-order valence-corrected chi connectivity index (χ4v) is 3.43. The molecule has 24 heavy (non-hydrogen) atoms. The maximum absolute atomic E-state index is 12.1. The van der Waals surface area contributed by atoms with Crippen molar-refractivity contribution in [3.05, 3.63) is 58.1 Å². The second-order valence-corrected chi connectivity index (χ2v) is 6.92. The predicted octanol–water partition coefficient (Wildman–Crippen LogP) is 4.48. The quantitative estimate of drug-likeness (QED) is 0.882. The number of aryl methyl sites for hydroxylation is 1. The molecule has 0 aromatic heterocycles. The minimum absolute atomic E-state index is 0.0817. The van der Waals surface area contributed by atoms with Crippen LogP contribution in [0.3, 0.4) is 0 Å². The summed E-state index contributed by atoms with van der Waals surface area (Å²) in [6.07, 6.45) is 0.707. The van der Waals surface area contributed by atoms with Crippen molar-refractivity contribution >= 4 is 45.7 Å². The van der Waals surface area contributed by atoms with Gasteiger partial charge in [0.05, 0.1) is 28.1 Å². The number of fused-ring (bicyclic) bond motifs is 1. The molecule has 1 N–H and O–H groups in total. The fraction of sp³-hybridized carbons (Fsp3) is 0.167. The Bertz CT molecular complexity index is 886. The third-order valence-corrected chi connectivity index (χ3v) is 4.84. The van der Waals surface area contributed by atoms with E-state index in [0.717, 1.165) is 27.5 Å². The monoisotopic (exact) mass is 355 g/mol. The summed E-state index contributed by atoms with van der Waals surface area (Å²) in [4.78, 5) is 16.6. The van der Waals surface area contributed by atoms with E-state index in [9.17, 15) is 4.79 Å². The first-order chi connectivity index (χ1) is 11.5. The molecule has 0 atom stereocenters. The molecule has 2 aromatic carbocycles. The number of hydrogen-bond acceptors (Lipinski definition) is 4. The van der Waals surface area contributed by atoms with Crippen LogP contribution in [-0.2, 0) is 11.2 Å². The molecule has 2 aromatic rings. The predicted molar refractivity (Wildman–Crippen MR) is 99.2 cm³/mol. The highest BCUT2D eigenvalue weighted by Gasteiger charge is 2.16. The van der Waals surface area contributed by atoms with Gasteiger partial charge in [-0.15, -0.1) is 11.8 Å². The average molecular weight is 356 g/mol. The Morgan fingerprint density at radius 3 is 2.96 bits per heavy atom. The zero-order chi connectivity index (χ0) is 17.1. The topological polar surface area (TPSA) is 65.2 Å². The van der Waals surface area contributed by atoms with Gasteiger partial charge in [0, 0.05) is 17.1 Å². The Labute approximate surface area is 149 Å². The standard InChI is InChI=1S/C18H14ClN3OS/c1-11-6-14(19)4-5-15(11)21-17(23)10-24-18-8-13-3-2-12(9-20)7-16(13)22-18/h2-7H,8,10H2,1H3,(H,21,23). The lowest BCUT2D eigenvalue weighted by molar-refractivity contribution is -0.113. The van der Waals surface area contributed by atoms with Crippen LogP contribution in [0.4, 0.5) is 11.4 Å². The first-order valence-corrected chi connectivity index (χ1v) is 8.71. The number of amides is 1. The van der Waals surface area contributed by atoms with E-state index < -0.39 is 0 Å². The Hall–Kier alpha value is -2.29. The number of carbonyl (C=O) groups is 1. The van der Waals surface area contributed by atoms with Crippen molar-refractivity contribution in [1.82, 2.24) is 0 Å². The van der Waals surface area contributed by atoms with Crippen molar-refractivity contribution in [2.75, 3.05) is 11.1 Å². The van der Waals surface area contributed by atoms with Crippen molar-refractivity contribution in [1.29, 1.82) is 5.26 Å². The molecule has 0 fully saturated rings. The van der Waals surface area contributed by atoms with Crippen LogP contribution in [0.1, 0.15) is 16.7 Å². The van der Waals surface area contributed by atoms with E-state index in [1.807, 2.05) is 19.1 Å². The zero-order valence-electron chi connectivity index (χ0n) is 13.0. The summed E-state index contributed by atoms with van der Waals surface area (Å²) in [5, 5.41) is 13.3. The molecule has 0 radical (unpaired) electrons. The molecule has 0 unspecified atom stereocenters. The first-order valence-electron chi connectivity index (χ1n) is 7.34. The summed E-state index contributed by atoms with van der Waals surface area (Å²) in [7, 11) is 0. The number of thioether (sulfide) groups is 1. The van der Waals surface area contributed by atoms with Gasteiger partial charge in [-0.05, 0) is 48.4 Å². The van der Waals surface area contributed by atoms with Crippen LogP contribution in [0, 0.1) is 18.3 Å². The molecule has 0 bridgehead atoms. The van der Waals surface area contributed by atoms with E-state index in [-0.39, 0.29) is 5.91 Å². The molecule has 1 heterocycles. The number of anilines is 1. The van der Waals surface area contributed by atoms with Gasteiger partial charge in [-0.25, -0.2) is 4.99 Å². The number of hydrogen-bond donors (Lipinski definition) is 1. The molecule has 1 aliphatic heterocycles. The summed E-state index contributed by atoms with van der Waals surface area (Å²) in [6, 6.07) is 13.0. The lowest BCUT2D eigenvalue weighted by atomic mass is 10.1. The molecule has 0 spiro atoms. The normalized spacial score (nSPS) is 12.3. The van der Waals surface area contributed by atoms with Crippen LogP contribution in [0.25, 0.3) is 0 Å². The van der Waals surface area contributed by atoms with E-state index in [1.54, 1.807) is 24.3 Å². The van der Waals surface area contributed by atoms with E-state index in [1.165, 1.54) is 11.8 Å². The van der Waals surface area contributed by atoms with Crippen LogP contribution < -0.4 is 5.32 Å². The van der Waals surface area contributed by atoms with Crippen molar-refractivity contribution < 1.29 is 4.79 Å². The van der Waals surface area contributed by atoms with E-state index in [0.29, 0.717) is 22.8 Å². The summed E-state index contributed by atoms with van der Waals surface area (Å²) in [5.74, 6) is 0.210. The molecule has 6 heteroatoms. The highest BCUT2D eigenvalue weighted by atomic mass is 35.5. The van der Waals surface area contributed by atoms with Gasteiger partial charge < -0.3 is 5.32 Å². The minimum atomic E-state index is -0.0817. The zero-order valence-corrected chi connectivity index (χ0v) is 14.5. The van der Waals surface area contributed by atoms with Crippen molar-refractivity contribution in [3.63, 3.8) is 0 Å². The van der Waals surface area contributed by atoms with Crippen LogP contribution in [0.5, 0.6) is 0 Å². The van der Waals surface area contributed by atoms with E-state index in [2.05, 4.69) is 16.4 Å². The highest BCUT2D eigenvalue weighted by molar-refractivity contribution is 8.14. The van der Waals surface area contributed by atoms with Crippen LogP contribution in [0.15, 0.2) is 41.4 Å². The number of nitriles is 1. The van der Waals surface area contributed by atoms with Gasteiger partial charge >= 0.3 is 0 Å². The molecule has 3 rings (SSSR count). The van der Waals surface area contributed by atoms with Gasteiger partial charge in [0.15, 0.2) is 0 Å². The largest absolute Gasteiger partial charge is 0.325 e. The molecular formula is C18H14ClN3OS. The number of nitrogens with zero attached hydrogens (tertiary/aromatic N) is 2. The highest BCUT2D eigenvalue weighted by Crippen LogP contribution is 2.31. The van der Waals surface area contributed by atoms with E-state index in [4.69, 9.17) is 16.9 Å². The van der Waals surface area contributed by atoms with Crippen LogP contribution >= 0.6 is 23.4 Å². The van der Waals surface area contributed by atoms with Gasteiger partial charge in [-0.1, -0.05) is 17.7 Å². The maximum Gasteiger partial charge on any atom is 0.234 e. The number of halogens is 1. The van der Waals surface area contributed by atoms with Gasteiger partial charge in [-0.3, -0.25) is 4.79 Å². The van der Waals surface area contributed by atoms with Gasteiger partial charge in [-0.2, -0.15) is 5.26 Å². The van der Waals surface area contributed by atoms with Gasteiger partial charge in [0.2, 0.25) is 5.91 Å². The second kappa shape index (κ2) is 7.08. The molecule has 0 saturated carbocycles. The lowest BCUT2D eigenvalue weighted by Gasteiger charge is -2.08. The molecule has 120 valence electrons. The van der Waals surface area contributed by atoms with Crippen molar-refractivity contribution in [3.8, 4) is 6.07 Å². The number of carbonyl (C=O) groups excluding carboxylic acids is 1. The SMILES string of the molecule is Cc1cc(Cl)ccc1NC(=O)CSC1=Nc2cc(C#N)ccc2C1. The van der Waals surface area contributed by atoms with Crippen molar-refractivity contribution in [2.45, 2.75) is 13.3 Å². The molecule has 0 saturated heterocycles. The van der Waals surface area contributed by atoms with Crippen LogP contribution in [0.2, 0.25) is 5.02 Å². The third-order valence-electron chi connectivity index (χ3n) is 3.63. The summed E-state index contributed by atoms with van der Waals surface area (Å²) < 4.78 is 0. The molecule has 4 nitrogen and oxygen atoms in total. The minimum Gasteiger partial charge on any atom is -0.325 e. The molecular weight excluding hydrogens is 342 g/mol. The number of rotatable bonds is 3. The first kappa shape index (κ1) is 16.6. The summed E-state index contributed by atoms with van der Waals surface area (Å²) >= 11 is 7.33. The maximum atomic E-state index is 12.1. The average Bonchev–Trinajstić information content (AvgIpc) is 2.97. The number of nitrogens with one attached hydrogen (secondary N) is 1. The van der Waals surface area contributed by atoms with Crippen LogP contribution in [-0.4, -0.2) is 16.7 Å². The van der Waals surface area contributed by atoms with Crippen molar-refractivity contribution in [2.24, 2.45) is 4.99 Å². The number of aliphatic imine (C=N–C) groups is 1. The van der Waals surface area contributed by atoms with Gasteiger partial charge in [0.25, 0.3) is 0 Å². The Balaban J connectivity index is 1.58. The lowest BCUT2D eigenvalue weighted by Crippen LogP contribution is -2.16. The summed E-state index contributed by atoms with van der Waals surface area (Å²) in [6.45, 7) is 1.90. The summed E-state index contributed by atoms with van der Waals surface area (Å²) in [5.41, 5.74) is 4.20. The Morgan fingerprint density at radius 2 is 2.21 bits per heavy atom.